The molecule has 100 valence electrons. The molecule has 0 spiro atoms. The molecule has 0 bridgehead atoms. The van der Waals surface area contributed by atoms with E-state index in [0.29, 0.717) is 6.04 Å². The van der Waals surface area contributed by atoms with Gasteiger partial charge in [-0.05, 0) is 42.2 Å². The van der Waals surface area contributed by atoms with E-state index < -0.39 is 0 Å². The molecule has 1 fully saturated rings. The van der Waals surface area contributed by atoms with E-state index in [1.807, 2.05) is 12.1 Å². The van der Waals surface area contributed by atoms with Crippen molar-refractivity contribution in [2.45, 2.75) is 52.3 Å². The highest BCUT2D eigenvalue weighted by Crippen LogP contribution is 2.28. The molecule has 0 amide bonds. The molecule has 18 heavy (non-hydrogen) atoms. The van der Waals surface area contributed by atoms with Crippen molar-refractivity contribution < 1.29 is 5.11 Å². The van der Waals surface area contributed by atoms with Crippen LogP contribution in [-0.4, -0.2) is 11.1 Å². The Balaban J connectivity index is 1.83. The summed E-state index contributed by atoms with van der Waals surface area (Å²) in [5.41, 5.74) is 2.29. The van der Waals surface area contributed by atoms with E-state index in [0.717, 1.165) is 23.9 Å². The van der Waals surface area contributed by atoms with E-state index in [9.17, 15) is 0 Å². The molecular weight excluding hydrogens is 222 g/mol. The molecule has 0 radical (unpaired) electrons. The van der Waals surface area contributed by atoms with Crippen LogP contribution in [0.4, 0.5) is 0 Å². The fourth-order valence-corrected chi connectivity index (χ4v) is 3.14. The Labute approximate surface area is 110 Å². The summed E-state index contributed by atoms with van der Waals surface area (Å²) in [5.74, 6) is 1.70. The first kappa shape index (κ1) is 13.6. The maximum atomic E-state index is 9.00. The van der Waals surface area contributed by atoms with Crippen LogP contribution in [0, 0.1) is 11.8 Å². The topological polar surface area (TPSA) is 32.3 Å². The number of aliphatic hydroxyl groups is 1. The van der Waals surface area contributed by atoms with Crippen molar-refractivity contribution in [2.75, 3.05) is 0 Å². The summed E-state index contributed by atoms with van der Waals surface area (Å²) in [6, 6.07) is 8.88. The second kappa shape index (κ2) is 6.35. The minimum absolute atomic E-state index is 0.130. The Kier molecular flexibility index (Phi) is 4.79. The molecule has 2 nitrogen and oxygen atoms in total. The van der Waals surface area contributed by atoms with Gasteiger partial charge in [-0.15, -0.1) is 0 Å². The van der Waals surface area contributed by atoms with E-state index in [1.54, 1.807) is 0 Å². The average molecular weight is 247 g/mol. The van der Waals surface area contributed by atoms with Crippen LogP contribution in [0.5, 0.6) is 0 Å². The Morgan fingerprint density at radius 1 is 1.00 bits per heavy atom. The SMILES string of the molecule is CC1CC(C)CC(NCc2ccc(CO)cc2)C1. The Bertz CT molecular complexity index is 350. The number of benzene rings is 1. The van der Waals surface area contributed by atoms with Crippen LogP contribution in [0.25, 0.3) is 0 Å². The molecule has 2 heteroatoms. The molecule has 1 saturated carbocycles. The standard InChI is InChI=1S/C16H25NO/c1-12-7-13(2)9-16(8-12)17-10-14-3-5-15(11-18)6-4-14/h3-6,12-13,16-18H,7-11H2,1-2H3. The van der Waals surface area contributed by atoms with E-state index in [1.165, 1.54) is 24.8 Å². The lowest BCUT2D eigenvalue weighted by molar-refractivity contribution is 0.238. The second-order valence-electron chi connectivity index (χ2n) is 5.97. The smallest absolute Gasteiger partial charge is 0.0681 e. The quantitative estimate of drug-likeness (QED) is 0.857. The van der Waals surface area contributed by atoms with Gasteiger partial charge in [0, 0.05) is 12.6 Å². The Morgan fingerprint density at radius 3 is 2.11 bits per heavy atom. The number of nitrogens with one attached hydrogen (secondary N) is 1. The third-order valence-electron chi connectivity index (χ3n) is 3.98. The Hall–Kier alpha value is -0.860. The van der Waals surface area contributed by atoms with Gasteiger partial charge >= 0.3 is 0 Å². The highest BCUT2D eigenvalue weighted by atomic mass is 16.3. The maximum Gasteiger partial charge on any atom is 0.0681 e. The lowest BCUT2D eigenvalue weighted by atomic mass is 9.80. The highest BCUT2D eigenvalue weighted by Gasteiger charge is 2.23. The summed E-state index contributed by atoms with van der Waals surface area (Å²) < 4.78 is 0. The van der Waals surface area contributed by atoms with Gasteiger partial charge in [-0.1, -0.05) is 38.1 Å². The zero-order valence-corrected chi connectivity index (χ0v) is 11.5. The first-order valence-corrected chi connectivity index (χ1v) is 7.09. The van der Waals surface area contributed by atoms with Crippen LogP contribution in [-0.2, 0) is 13.2 Å². The van der Waals surface area contributed by atoms with Crippen molar-refractivity contribution in [3.8, 4) is 0 Å². The monoisotopic (exact) mass is 247 g/mol. The van der Waals surface area contributed by atoms with Crippen LogP contribution in [0.1, 0.15) is 44.2 Å². The van der Waals surface area contributed by atoms with Crippen LogP contribution in [0.3, 0.4) is 0 Å². The van der Waals surface area contributed by atoms with Crippen molar-refractivity contribution in [1.29, 1.82) is 0 Å². The molecule has 0 saturated heterocycles. The number of aliphatic hydroxyl groups excluding tert-OH is 1. The van der Waals surface area contributed by atoms with Gasteiger partial charge in [-0.2, -0.15) is 0 Å². The van der Waals surface area contributed by atoms with Gasteiger partial charge in [-0.3, -0.25) is 0 Å². The summed E-state index contributed by atoms with van der Waals surface area (Å²) in [5, 5.41) is 12.7. The summed E-state index contributed by atoms with van der Waals surface area (Å²) in [6.07, 6.45) is 3.99. The zero-order valence-electron chi connectivity index (χ0n) is 11.5. The van der Waals surface area contributed by atoms with Crippen molar-refractivity contribution in [3.05, 3.63) is 35.4 Å². The minimum atomic E-state index is 0.130. The number of hydrogen-bond donors (Lipinski definition) is 2. The average Bonchev–Trinajstić information content (AvgIpc) is 2.36. The molecule has 0 heterocycles. The highest BCUT2D eigenvalue weighted by molar-refractivity contribution is 5.21. The van der Waals surface area contributed by atoms with Crippen LogP contribution >= 0.6 is 0 Å². The lowest BCUT2D eigenvalue weighted by Gasteiger charge is -2.32. The Morgan fingerprint density at radius 2 is 1.56 bits per heavy atom. The van der Waals surface area contributed by atoms with Crippen LogP contribution in [0.2, 0.25) is 0 Å². The van der Waals surface area contributed by atoms with Gasteiger partial charge in [0.05, 0.1) is 6.61 Å². The number of rotatable bonds is 4. The predicted molar refractivity (Wildman–Crippen MR) is 75.2 cm³/mol. The van der Waals surface area contributed by atoms with Gasteiger partial charge < -0.3 is 10.4 Å². The van der Waals surface area contributed by atoms with E-state index >= 15 is 0 Å². The van der Waals surface area contributed by atoms with Gasteiger partial charge in [0.15, 0.2) is 0 Å². The molecule has 1 aliphatic carbocycles. The predicted octanol–water partition coefficient (Wildman–Crippen LogP) is 3.09. The molecular formula is C16H25NO. The van der Waals surface area contributed by atoms with Crippen molar-refractivity contribution in [1.82, 2.24) is 5.32 Å². The van der Waals surface area contributed by atoms with Crippen LogP contribution < -0.4 is 5.32 Å². The van der Waals surface area contributed by atoms with Crippen molar-refractivity contribution >= 4 is 0 Å². The molecule has 2 rings (SSSR count). The third kappa shape index (κ3) is 3.82. The van der Waals surface area contributed by atoms with Gasteiger partial charge in [0.25, 0.3) is 0 Å². The van der Waals surface area contributed by atoms with Crippen molar-refractivity contribution in [2.24, 2.45) is 11.8 Å². The first-order valence-electron chi connectivity index (χ1n) is 7.09. The van der Waals surface area contributed by atoms with E-state index in [2.05, 4.69) is 31.3 Å². The molecule has 2 N–H and O–H groups in total. The summed E-state index contributed by atoms with van der Waals surface area (Å²) in [6.45, 7) is 5.79. The second-order valence-corrected chi connectivity index (χ2v) is 5.97. The largest absolute Gasteiger partial charge is 0.392 e. The molecule has 1 aromatic rings. The minimum Gasteiger partial charge on any atom is -0.392 e. The maximum absolute atomic E-state index is 9.00. The van der Waals surface area contributed by atoms with Crippen molar-refractivity contribution in [3.63, 3.8) is 0 Å². The van der Waals surface area contributed by atoms with Gasteiger partial charge in [0.2, 0.25) is 0 Å². The van der Waals surface area contributed by atoms with Gasteiger partial charge in [-0.25, -0.2) is 0 Å². The summed E-state index contributed by atoms with van der Waals surface area (Å²) >= 11 is 0. The summed E-state index contributed by atoms with van der Waals surface area (Å²) in [7, 11) is 0. The van der Waals surface area contributed by atoms with Gasteiger partial charge in [0.1, 0.15) is 0 Å². The fraction of sp³-hybridized carbons (Fsp3) is 0.625. The van der Waals surface area contributed by atoms with Crippen LogP contribution in [0.15, 0.2) is 24.3 Å². The number of hydrogen-bond acceptors (Lipinski definition) is 2. The third-order valence-corrected chi connectivity index (χ3v) is 3.98. The molecule has 0 aromatic heterocycles. The molecule has 1 aliphatic rings. The molecule has 0 aliphatic heterocycles. The lowest BCUT2D eigenvalue weighted by Crippen LogP contribution is -2.35. The molecule has 1 aromatic carbocycles. The zero-order chi connectivity index (χ0) is 13.0. The summed E-state index contributed by atoms with van der Waals surface area (Å²) in [4.78, 5) is 0. The molecule has 2 atom stereocenters. The molecule has 2 unspecified atom stereocenters. The van der Waals surface area contributed by atoms with E-state index in [-0.39, 0.29) is 6.61 Å². The van der Waals surface area contributed by atoms with E-state index in [4.69, 9.17) is 5.11 Å². The fourth-order valence-electron chi connectivity index (χ4n) is 3.14. The first-order chi connectivity index (χ1) is 8.67. The normalized spacial score (nSPS) is 28.3.